The van der Waals surface area contributed by atoms with Gasteiger partial charge in [0, 0.05) is 12.5 Å². The molecule has 1 aliphatic heterocycles. The van der Waals surface area contributed by atoms with Crippen LogP contribution in [0.15, 0.2) is 36.9 Å². The standard InChI is InChI=1S/C19H25NO3/c1-4-6-7-8-11-15(5-2)23-19-18(22)16-12-9-10-13-17(16)20(19)14(3)21/h5,9-10,12-13,15,19H,2,4,6-8,11H2,1,3H3/t15-,19?/m0/s1. The van der Waals surface area contributed by atoms with Crippen molar-refractivity contribution in [3.05, 3.63) is 42.5 Å². The van der Waals surface area contributed by atoms with Crippen LogP contribution in [0.4, 0.5) is 5.69 Å². The number of ketones is 1. The Morgan fingerprint density at radius 3 is 2.74 bits per heavy atom. The van der Waals surface area contributed by atoms with Crippen molar-refractivity contribution in [3.63, 3.8) is 0 Å². The fourth-order valence-corrected chi connectivity index (χ4v) is 2.91. The third kappa shape index (κ3) is 3.88. The lowest BCUT2D eigenvalue weighted by Gasteiger charge is -2.26. The molecular formula is C19H25NO3. The Morgan fingerprint density at radius 1 is 1.35 bits per heavy atom. The number of anilines is 1. The molecule has 23 heavy (non-hydrogen) atoms. The number of carbonyl (C=O) groups excluding carboxylic acids is 2. The lowest BCUT2D eigenvalue weighted by Crippen LogP contribution is -2.42. The van der Waals surface area contributed by atoms with Gasteiger partial charge in [-0.3, -0.25) is 14.5 Å². The first-order chi connectivity index (χ1) is 11.1. The van der Waals surface area contributed by atoms with Crippen LogP contribution in [0.3, 0.4) is 0 Å². The van der Waals surface area contributed by atoms with Gasteiger partial charge in [-0.15, -0.1) is 6.58 Å². The summed E-state index contributed by atoms with van der Waals surface area (Å²) in [6, 6.07) is 7.14. The molecule has 4 nitrogen and oxygen atoms in total. The minimum absolute atomic E-state index is 0.156. The van der Waals surface area contributed by atoms with Crippen molar-refractivity contribution in [2.45, 2.75) is 58.3 Å². The minimum Gasteiger partial charge on any atom is -0.343 e. The zero-order valence-corrected chi connectivity index (χ0v) is 14.0. The molecule has 1 unspecified atom stereocenters. The second kappa shape index (κ2) is 8.06. The van der Waals surface area contributed by atoms with Crippen LogP contribution in [0.25, 0.3) is 0 Å². The second-order valence-corrected chi connectivity index (χ2v) is 5.88. The molecule has 0 spiro atoms. The van der Waals surface area contributed by atoms with E-state index in [-0.39, 0.29) is 17.8 Å². The predicted octanol–water partition coefficient (Wildman–Crippen LogP) is 4.10. The van der Waals surface area contributed by atoms with Crippen molar-refractivity contribution in [2.24, 2.45) is 0 Å². The number of unbranched alkanes of at least 4 members (excludes halogenated alkanes) is 3. The molecule has 1 aromatic carbocycles. The smallest absolute Gasteiger partial charge is 0.226 e. The Hall–Kier alpha value is -1.94. The highest BCUT2D eigenvalue weighted by Crippen LogP contribution is 2.33. The largest absolute Gasteiger partial charge is 0.343 e. The summed E-state index contributed by atoms with van der Waals surface area (Å²) in [7, 11) is 0. The topological polar surface area (TPSA) is 46.6 Å². The number of nitrogens with zero attached hydrogens (tertiary/aromatic N) is 1. The van der Waals surface area contributed by atoms with Crippen LogP contribution in [-0.2, 0) is 9.53 Å². The number of ether oxygens (including phenoxy) is 1. The molecule has 1 aliphatic rings. The van der Waals surface area contributed by atoms with E-state index in [1.165, 1.54) is 24.7 Å². The molecule has 0 aromatic heterocycles. The molecule has 0 saturated carbocycles. The van der Waals surface area contributed by atoms with Crippen LogP contribution in [0.2, 0.25) is 0 Å². The van der Waals surface area contributed by atoms with Gasteiger partial charge in [0.2, 0.25) is 17.9 Å². The molecule has 0 saturated heterocycles. The summed E-state index contributed by atoms with van der Waals surface area (Å²) in [5.41, 5.74) is 1.17. The summed E-state index contributed by atoms with van der Waals surface area (Å²) < 4.78 is 5.95. The van der Waals surface area contributed by atoms with Crippen molar-refractivity contribution in [1.82, 2.24) is 0 Å². The lowest BCUT2D eigenvalue weighted by atomic mass is 10.1. The molecule has 1 amide bonds. The van der Waals surface area contributed by atoms with Crippen LogP contribution >= 0.6 is 0 Å². The normalized spacial score (nSPS) is 17.9. The molecular weight excluding hydrogens is 290 g/mol. The maximum Gasteiger partial charge on any atom is 0.226 e. The van der Waals surface area contributed by atoms with E-state index in [9.17, 15) is 9.59 Å². The zero-order chi connectivity index (χ0) is 16.8. The molecule has 2 rings (SSSR count). The summed E-state index contributed by atoms with van der Waals surface area (Å²) >= 11 is 0. The van der Waals surface area contributed by atoms with Crippen molar-refractivity contribution >= 4 is 17.4 Å². The SMILES string of the molecule is C=C[C@@H](CCCCCC)OC1C(=O)c2ccccc2N1C(C)=O. The number of amides is 1. The Bertz CT molecular complexity index is 582. The highest BCUT2D eigenvalue weighted by atomic mass is 16.5. The van der Waals surface area contributed by atoms with Gasteiger partial charge >= 0.3 is 0 Å². The number of para-hydroxylation sites is 1. The number of rotatable bonds is 8. The van der Waals surface area contributed by atoms with E-state index in [1.807, 2.05) is 6.07 Å². The Labute approximate surface area is 138 Å². The Kier molecular flexibility index (Phi) is 6.11. The average Bonchev–Trinajstić information content (AvgIpc) is 2.83. The van der Waals surface area contributed by atoms with Gasteiger partial charge in [-0.2, -0.15) is 0 Å². The van der Waals surface area contributed by atoms with Crippen LogP contribution in [0.1, 0.15) is 56.3 Å². The highest BCUT2D eigenvalue weighted by molar-refractivity contribution is 6.16. The second-order valence-electron chi connectivity index (χ2n) is 5.88. The molecule has 0 radical (unpaired) electrons. The number of fused-ring (bicyclic) bond motifs is 1. The number of Topliss-reactive ketones (excluding diaryl/α,β-unsaturated/α-hetero) is 1. The summed E-state index contributed by atoms with van der Waals surface area (Å²) in [5.74, 6) is -0.349. The average molecular weight is 315 g/mol. The number of hydrogen-bond donors (Lipinski definition) is 0. The molecule has 0 fully saturated rings. The molecule has 4 heteroatoms. The number of hydrogen-bond acceptors (Lipinski definition) is 3. The molecule has 0 bridgehead atoms. The van der Waals surface area contributed by atoms with Crippen molar-refractivity contribution in [3.8, 4) is 0 Å². The van der Waals surface area contributed by atoms with E-state index in [0.29, 0.717) is 11.3 Å². The van der Waals surface area contributed by atoms with Gasteiger partial charge in [0.25, 0.3) is 0 Å². The van der Waals surface area contributed by atoms with E-state index in [0.717, 1.165) is 19.3 Å². The monoisotopic (exact) mass is 315 g/mol. The Balaban J connectivity index is 2.10. The van der Waals surface area contributed by atoms with Crippen molar-refractivity contribution in [1.29, 1.82) is 0 Å². The molecule has 1 heterocycles. The fourth-order valence-electron chi connectivity index (χ4n) is 2.91. The van der Waals surface area contributed by atoms with Crippen LogP contribution in [0, 0.1) is 0 Å². The van der Waals surface area contributed by atoms with Crippen LogP contribution in [-0.4, -0.2) is 24.0 Å². The van der Waals surface area contributed by atoms with Crippen LogP contribution in [0.5, 0.6) is 0 Å². The first-order valence-electron chi connectivity index (χ1n) is 8.31. The van der Waals surface area contributed by atoms with Gasteiger partial charge < -0.3 is 4.74 Å². The summed E-state index contributed by atoms with van der Waals surface area (Å²) in [6.07, 6.45) is 5.97. The van der Waals surface area contributed by atoms with Gasteiger partial charge in [0.05, 0.1) is 11.8 Å². The molecule has 2 atom stereocenters. The van der Waals surface area contributed by atoms with Crippen molar-refractivity contribution in [2.75, 3.05) is 4.90 Å². The summed E-state index contributed by atoms with van der Waals surface area (Å²) in [5, 5.41) is 0. The van der Waals surface area contributed by atoms with Gasteiger partial charge in [0.15, 0.2) is 0 Å². The van der Waals surface area contributed by atoms with Gasteiger partial charge in [0.1, 0.15) is 0 Å². The van der Waals surface area contributed by atoms with Gasteiger partial charge in [-0.25, -0.2) is 0 Å². The molecule has 0 aliphatic carbocycles. The van der Waals surface area contributed by atoms with Crippen LogP contribution < -0.4 is 4.90 Å². The van der Waals surface area contributed by atoms with E-state index in [1.54, 1.807) is 24.3 Å². The predicted molar refractivity (Wildman–Crippen MR) is 91.5 cm³/mol. The van der Waals surface area contributed by atoms with Crippen molar-refractivity contribution < 1.29 is 14.3 Å². The zero-order valence-electron chi connectivity index (χ0n) is 14.0. The van der Waals surface area contributed by atoms with E-state index in [2.05, 4.69) is 13.5 Å². The van der Waals surface area contributed by atoms with E-state index < -0.39 is 6.23 Å². The first kappa shape index (κ1) is 17.4. The Morgan fingerprint density at radius 2 is 2.09 bits per heavy atom. The van der Waals surface area contributed by atoms with E-state index in [4.69, 9.17) is 4.74 Å². The fraction of sp³-hybridized carbons (Fsp3) is 0.474. The quantitative estimate of drug-likeness (QED) is 0.536. The van der Waals surface area contributed by atoms with Gasteiger partial charge in [-0.05, 0) is 18.6 Å². The van der Waals surface area contributed by atoms with E-state index >= 15 is 0 Å². The summed E-state index contributed by atoms with van der Waals surface area (Å²) in [6.45, 7) is 7.43. The highest BCUT2D eigenvalue weighted by Gasteiger charge is 2.41. The third-order valence-electron chi connectivity index (χ3n) is 4.14. The number of benzene rings is 1. The molecule has 124 valence electrons. The third-order valence-corrected chi connectivity index (χ3v) is 4.14. The molecule has 1 aromatic rings. The summed E-state index contributed by atoms with van der Waals surface area (Å²) in [4.78, 5) is 26.0. The molecule has 0 N–H and O–H groups in total. The minimum atomic E-state index is -0.876. The maximum absolute atomic E-state index is 12.6. The number of carbonyl (C=O) groups is 2. The first-order valence-corrected chi connectivity index (χ1v) is 8.31. The maximum atomic E-state index is 12.6. The van der Waals surface area contributed by atoms with Gasteiger partial charge in [-0.1, -0.05) is 50.8 Å². The lowest BCUT2D eigenvalue weighted by molar-refractivity contribution is -0.119.